The van der Waals surface area contributed by atoms with Crippen LogP contribution in [-0.2, 0) is 14.4 Å². The lowest BCUT2D eigenvalue weighted by atomic mass is 10.1. The van der Waals surface area contributed by atoms with E-state index >= 15 is 0 Å². The second kappa shape index (κ2) is 9.33. The summed E-state index contributed by atoms with van der Waals surface area (Å²) in [6.45, 7) is 3.91. The van der Waals surface area contributed by atoms with Gasteiger partial charge in [-0.05, 0) is 44.2 Å². The largest absolute Gasteiger partial charge is 0.341 e. The Morgan fingerprint density at radius 3 is 2.46 bits per heavy atom. The van der Waals surface area contributed by atoms with Crippen LogP contribution in [0.4, 0.5) is 11.4 Å². The van der Waals surface area contributed by atoms with Crippen molar-refractivity contribution >= 4 is 29.1 Å². The number of rotatable bonds is 7. The molecule has 142 valence electrons. The SMILES string of the molecule is CC(=O)N(C)c1ccc(NC(=O)CN(C)CCN2CCCCC2=O)cc1. The van der Waals surface area contributed by atoms with E-state index < -0.39 is 0 Å². The number of nitrogens with zero attached hydrogens (tertiary/aromatic N) is 3. The minimum absolute atomic E-state index is 0.0457. The Hall–Kier alpha value is -2.41. The summed E-state index contributed by atoms with van der Waals surface area (Å²) in [6.07, 6.45) is 2.68. The Labute approximate surface area is 154 Å². The molecule has 26 heavy (non-hydrogen) atoms. The quantitative estimate of drug-likeness (QED) is 0.801. The van der Waals surface area contributed by atoms with Crippen LogP contribution in [0, 0.1) is 0 Å². The molecule has 0 radical (unpaired) electrons. The molecule has 1 heterocycles. The molecule has 1 N–H and O–H groups in total. The lowest BCUT2D eigenvalue weighted by Crippen LogP contribution is -2.41. The summed E-state index contributed by atoms with van der Waals surface area (Å²) in [6, 6.07) is 7.14. The molecule has 0 unspecified atom stereocenters. The molecule has 0 spiro atoms. The van der Waals surface area contributed by atoms with Gasteiger partial charge in [-0.1, -0.05) is 0 Å². The predicted molar refractivity (Wildman–Crippen MR) is 102 cm³/mol. The first kappa shape index (κ1) is 19.9. The van der Waals surface area contributed by atoms with Crippen molar-refractivity contribution in [3.63, 3.8) is 0 Å². The molecular weight excluding hydrogens is 332 g/mol. The highest BCUT2D eigenvalue weighted by Gasteiger charge is 2.18. The first-order valence-electron chi connectivity index (χ1n) is 8.97. The number of likely N-dealkylation sites (tertiary alicyclic amines) is 1. The fourth-order valence-electron chi connectivity index (χ4n) is 2.86. The van der Waals surface area contributed by atoms with Crippen LogP contribution in [0.15, 0.2) is 24.3 Å². The van der Waals surface area contributed by atoms with Crippen LogP contribution < -0.4 is 10.2 Å². The topological polar surface area (TPSA) is 73.0 Å². The van der Waals surface area contributed by atoms with Crippen LogP contribution in [0.5, 0.6) is 0 Å². The third-order valence-electron chi connectivity index (χ3n) is 4.60. The number of hydrogen-bond donors (Lipinski definition) is 1. The predicted octanol–water partition coefficient (Wildman–Crippen LogP) is 1.55. The minimum Gasteiger partial charge on any atom is -0.341 e. The van der Waals surface area contributed by atoms with Gasteiger partial charge in [-0.25, -0.2) is 0 Å². The van der Waals surface area contributed by atoms with Gasteiger partial charge in [0.25, 0.3) is 0 Å². The highest BCUT2D eigenvalue weighted by Crippen LogP contribution is 2.17. The number of anilines is 2. The molecule has 3 amide bonds. The number of piperidine rings is 1. The summed E-state index contributed by atoms with van der Waals surface area (Å²) in [5.41, 5.74) is 1.47. The Kier molecular flexibility index (Phi) is 7.15. The van der Waals surface area contributed by atoms with Crippen molar-refractivity contribution < 1.29 is 14.4 Å². The molecule has 0 aromatic heterocycles. The number of amides is 3. The Morgan fingerprint density at radius 1 is 1.15 bits per heavy atom. The normalized spacial score (nSPS) is 14.5. The maximum absolute atomic E-state index is 12.2. The number of hydrogen-bond acceptors (Lipinski definition) is 4. The number of carbonyl (C=O) groups excluding carboxylic acids is 3. The molecule has 1 aliphatic rings. The third kappa shape index (κ3) is 5.84. The number of benzene rings is 1. The van der Waals surface area contributed by atoms with Gasteiger partial charge in [-0.3, -0.25) is 19.3 Å². The van der Waals surface area contributed by atoms with Gasteiger partial charge in [0.05, 0.1) is 6.54 Å². The Balaban J connectivity index is 1.76. The molecule has 1 aliphatic heterocycles. The van der Waals surface area contributed by atoms with Gasteiger partial charge in [0.2, 0.25) is 17.7 Å². The van der Waals surface area contributed by atoms with Gasteiger partial charge in [0, 0.05) is 51.4 Å². The lowest BCUT2D eigenvalue weighted by molar-refractivity contribution is -0.133. The smallest absolute Gasteiger partial charge is 0.238 e. The lowest BCUT2D eigenvalue weighted by Gasteiger charge is -2.28. The average molecular weight is 360 g/mol. The van der Waals surface area contributed by atoms with Crippen molar-refractivity contribution in [3.8, 4) is 0 Å². The molecular formula is C19H28N4O3. The highest BCUT2D eigenvalue weighted by molar-refractivity contribution is 5.93. The van der Waals surface area contributed by atoms with Crippen molar-refractivity contribution in [3.05, 3.63) is 24.3 Å². The van der Waals surface area contributed by atoms with Crippen molar-refractivity contribution in [1.29, 1.82) is 0 Å². The number of likely N-dealkylation sites (N-methyl/N-ethyl adjacent to an activating group) is 1. The summed E-state index contributed by atoms with van der Waals surface area (Å²) in [5.74, 6) is 0.0606. The molecule has 0 atom stereocenters. The summed E-state index contributed by atoms with van der Waals surface area (Å²) in [4.78, 5) is 40.6. The van der Waals surface area contributed by atoms with Crippen molar-refractivity contribution in [2.24, 2.45) is 0 Å². The summed E-state index contributed by atoms with van der Waals surface area (Å²) in [7, 11) is 3.58. The zero-order valence-corrected chi connectivity index (χ0v) is 15.8. The van der Waals surface area contributed by atoms with Gasteiger partial charge < -0.3 is 15.1 Å². The molecule has 7 nitrogen and oxygen atoms in total. The fraction of sp³-hybridized carbons (Fsp3) is 0.526. The minimum atomic E-state index is -0.106. The molecule has 1 saturated heterocycles. The fourth-order valence-corrected chi connectivity index (χ4v) is 2.86. The van der Waals surface area contributed by atoms with E-state index in [1.807, 2.05) is 16.8 Å². The van der Waals surface area contributed by atoms with E-state index in [2.05, 4.69) is 5.32 Å². The monoisotopic (exact) mass is 360 g/mol. The molecule has 1 fully saturated rings. The summed E-state index contributed by atoms with van der Waals surface area (Å²) < 4.78 is 0. The average Bonchev–Trinajstić information content (AvgIpc) is 2.61. The standard InChI is InChI=1S/C19H28N4O3/c1-15(24)22(3)17-9-7-16(8-10-17)20-18(25)14-21(2)12-13-23-11-5-4-6-19(23)26/h7-10H,4-6,11-14H2,1-3H3,(H,20,25). The van der Waals surface area contributed by atoms with Crippen molar-refractivity contribution in [2.75, 3.05) is 50.5 Å². The van der Waals surface area contributed by atoms with E-state index in [9.17, 15) is 14.4 Å². The van der Waals surface area contributed by atoms with Gasteiger partial charge in [0.1, 0.15) is 0 Å². The van der Waals surface area contributed by atoms with E-state index in [4.69, 9.17) is 0 Å². The second-order valence-corrected chi connectivity index (χ2v) is 6.75. The van der Waals surface area contributed by atoms with E-state index in [0.29, 0.717) is 25.2 Å². The van der Waals surface area contributed by atoms with Gasteiger partial charge in [0.15, 0.2) is 0 Å². The maximum Gasteiger partial charge on any atom is 0.238 e. The molecule has 2 rings (SSSR count). The van der Waals surface area contributed by atoms with E-state index in [-0.39, 0.29) is 24.3 Å². The molecule has 0 bridgehead atoms. The van der Waals surface area contributed by atoms with Gasteiger partial charge in [-0.15, -0.1) is 0 Å². The molecule has 0 saturated carbocycles. The zero-order valence-electron chi connectivity index (χ0n) is 15.8. The summed E-state index contributed by atoms with van der Waals surface area (Å²) in [5, 5.41) is 2.85. The summed E-state index contributed by atoms with van der Waals surface area (Å²) >= 11 is 0. The molecule has 1 aromatic rings. The molecule has 7 heteroatoms. The van der Waals surface area contributed by atoms with Crippen LogP contribution in [0.1, 0.15) is 26.2 Å². The first-order valence-corrected chi connectivity index (χ1v) is 8.97. The molecule has 0 aliphatic carbocycles. The Bertz CT molecular complexity index is 645. The number of nitrogens with one attached hydrogen (secondary N) is 1. The third-order valence-corrected chi connectivity index (χ3v) is 4.60. The van der Waals surface area contributed by atoms with Crippen LogP contribution >= 0.6 is 0 Å². The van der Waals surface area contributed by atoms with E-state index in [1.165, 1.54) is 6.92 Å². The zero-order chi connectivity index (χ0) is 19.1. The molecule has 1 aromatic carbocycles. The van der Waals surface area contributed by atoms with Crippen LogP contribution in [0.25, 0.3) is 0 Å². The van der Waals surface area contributed by atoms with Crippen molar-refractivity contribution in [2.45, 2.75) is 26.2 Å². The number of carbonyl (C=O) groups is 3. The second-order valence-electron chi connectivity index (χ2n) is 6.75. The Morgan fingerprint density at radius 2 is 1.85 bits per heavy atom. The van der Waals surface area contributed by atoms with Crippen LogP contribution in [0.3, 0.4) is 0 Å². The maximum atomic E-state index is 12.2. The first-order chi connectivity index (χ1) is 12.4. The van der Waals surface area contributed by atoms with E-state index in [1.54, 1.807) is 36.2 Å². The van der Waals surface area contributed by atoms with E-state index in [0.717, 1.165) is 25.1 Å². The van der Waals surface area contributed by atoms with Crippen molar-refractivity contribution in [1.82, 2.24) is 9.80 Å². The highest BCUT2D eigenvalue weighted by atomic mass is 16.2. The van der Waals surface area contributed by atoms with Gasteiger partial charge >= 0.3 is 0 Å². The van der Waals surface area contributed by atoms with Crippen LogP contribution in [-0.4, -0.2) is 67.8 Å². The van der Waals surface area contributed by atoms with Crippen LogP contribution in [0.2, 0.25) is 0 Å². The van der Waals surface area contributed by atoms with Gasteiger partial charge in [-0.2, -0.15) is 0 Å².